The minimum atomic E-state index is -0.640. The Hall–Kier alpha value is -1.63. The van der Waals surface area contributed by atoms with Crippen LogP contribution in [0.2, 0.25) is 0 Å². The van der Waals surface area contributed by atoms with Crippen molar-refractivity contribution < 1.29 is 18.8 Å². The van der Waals surface area contributed by atoms with Crippen molar-refractivity contribution in [3.63, 3.8) is 0 Å². The van der Waals surface area contributed by atoms with Gasteiger partial charge in [0.15, 0.2) is 10.4 Å². The Labute approximate surface area is 111 Å². The average Bonchev–Trinajstić information content (AvgIpc) is 2.74. The van der Waals surface area contributed by atoms with E-state index in [1.165, 1.54) is 11.0 Å². The van der Waals surface area contributed by atoms with Gasteiger partial charge in [-0.2, -0.15) is 0 Å². The van der Waals surface area contributed by atoms with Crippen LogP contribution in [0.1, 0.15) is 23.9 Å². The number of furan rings is 1. The summed E-state index contributed by atoms with van der Waals surface area (Å²) in [5.74, 6) is -1.30. The van der Waals surface area contributed by atoms with E-state index >= 15 is 0 Å². The number of halogens is 1. The number of hydrogen-bond acceptors (Lipinski definition) is 4. The van der Waals surface area contributed by atoms with Crippen LogP contribution in [0.15, 0.2) is 21.2 Å². The van der Waals surface area contributed by atoms with Gasteiger partial charge < -0.3 is 9.32 Å². The molecule has 18 heavy (non-hydrogen) atoms. The highest BCUT2D eigenvalue weighted by Gasteiger charge is 2.36. The molecule has 1 atom stereocenters. The zero-order valence-electron chi connectivity index (χ0n) is 9.60. The van der Waals surface area contributed by atoms with Crippen molar-refractivity contribution in [2.75, 3.05) is 6.54 Å². The van der Waals surface area contributed by atoms with Crippen LogP contribution in [0.5, 0.6) is 0 Å². The molecule has 0 bridgehead atoms. The van der Waals surface area contributed by atoms with E-state index in [2.05, 4.69) is 21.2 Å². The van der Waals surface area contributed by atoms with Gasteiger partial charge in [-0.05, 0) is 34.5 Å². The largest absolute Gasteiger partial charge is 0.444 e. The van der Waals surface area contributed by atoms with Gasteiger partial charge in [-0.1, -0.05) is 6.92 Å². The molecule has 6 nitrogen and oxygen atoms in total. The van der Waals surface area contributed by atoms with E-state index in [1.54, 1.807) is 13.0 Å². The van der Waals surface area contributed by atoms with E-state index in [4.69, 9.17) is 4.42 Å². The van der Waals surface area contributed by atoms with E-state index < -0.39 is 23.8 Å². The van der Waals surface area contributed by atoms with Crippen molar-refractivity contribution in [3.05, 3.63) is 22.6 Å². The van der Waals surface area contributed by atoms with Gasteiger partial charge in [0.1, 0.15) is 12.6 Å². The van der Waals surface area contributed by atoms with E-state index in [0.717, 1.165) is 0 Å². The number of nitrogens with zero attached hydrogens (tertiary/aromatic N) is 1. The number of carbonyl (C=O) groups is 3. The Morgan fingerprint density at radius 2 is 2.28 bits per heavy atom. The molecule has 3 amide bonds. The van der Waals surface area contributed by atoms with E-state index in [9.17, 15) is 14.4 Å². The molecule has 1 fully saturated rings. The van der Waals surface area contributed by atoms with Gasteiger partial charge in [-0.25, -0.2) is 0 Å². The zero-order valence-corrected chi connectivity index (χ0v) is 11.2. The maximum Gasteiger partial charge on any atom is 0.290 e. The third kappa shape index (κ3) is 2.31. The summed E-state index contributed by atoms with van der Waals surface area (Å²) in [7, 11) is 0. The Morgan fingerprint density at radius 1 is 1.56 bits per heavy atom. The van der Waals surface area contributed by atoms with Gasteiger partial charge in [0.25, 0.3) is 5.91 Å². The molecule has 0 aliphatic carbocycles. The highest BCUT2D eigenvalue weighted by atomic mass is 79.9. The van der Waals surface area contributed by atoms with Crippen molar-refractivity contribution in [1.82, 2.24) is 10.2 Å². The first-order valence-electron chi connectivity index (χ1n) is 5.43. The van der Waals surface area contributed by atoms with Crippen molar-refractivity contribution in [3.8, 4) is 0 Å². The highest BCUT2D eigenvalue weighted by Crippen LogP contribution is 2.18. The summed E-state index contributed by atoms with van der Waals surface area (Å²) < 4.78 is 5.57. The molecule has 0 spiro atoms. The molecule has 1 aromatic rings. The number of rotatable bonds is 2. The molecular formula is C11H11BrN2O4. The average molecular weight is 315 g/mol. The molecule has 2 heterocycles. The molecular weight excluding hydrogens is 304 g/mol. The summed E-state index contributed by atoms with van der Waals surface area (Å²) in [5, 5.41) is 2.21. The lowest BCUT2D eigenvalue weighted by Gasteiger charge is -2.32. The monoisotopic (exact) mass is 314 g/mol. The molecule has 1 N–H and O–H groups in total. The van der Waals surface area contributed by atoms with Gasteiger partial charge in [0.05, 0.1) is 0 Å². The van der Waals surface area contributed by atoms with Crippen LogP contribution >= 0.6 is 15.9 Å². The summed E-state index contributed by atoms with van der Waals surface area (Å²) >= 11 is 3.10. The zero-order chi connectivity index (χ0) is 13.3. The predicted octanol–water partition coefficient (Wildman–Crippen LogP) is 0.919. The Balaban J connectivity index is 2.26. The van der Waals surface area contributed by atoms with Crippen LogP contribution in [0.4, 0.5) is 0 Å². The molecule has 1 aliphatic rings. The SMILES string of the molecule is CCC1C(=O)NC(=O)CN1C(=O)c1ccc(Br)o1. The standard InChI is InChI=1S/C11H11BrN2O4/c1-2-6-10(16)13-9(15)5-14(6)11(17)7-3-4-8(12)18-7/h3-4,6H,2,5H2,1H3,(H,13,15,16). The second-order valence-electron chi connectivity index (χ2n) is 3.87. The summed E-state index contributed by atoms with van der Waals surface area (Å²) in [6.45, 7) is 1.64. The van der Waals surface area contributed by atoms with Crippen LogP contribution in [0.25, 0.3) is 0 Å². The predicted molar refractivity (Wildman–Crippen MR) is 64.7 cm³/mol. The number of nitrogens with one attached hydrogen (secondary N) is 1. The third-order valence-corrected chi connectivity index (χ3v) is 3.11. The molecule has 0 saturated carbocycles. The summed E-state index contributed by atoms with van der Waals surface area (Å²) in [5.41, 5.74) is 0. The molecule has 1 saturated heterocycles. The number of amides is 3. The fourth-order valence-corrected chi connectivity index (χ4v) is 2.16. The number of piperazine rings is 1. The number of hydrogen-bond donors (Lipinski definition) is 1. The number of carbonyl (C=O) groups excluding carboxylic acids is 3. The van der Waals surface area contributed by atoms with Gasteiger partial charge in [-0.3, -0.25) is 19.7 Å². The van der Waals surface area contributed by atoms with Crippen molar-refractivity contribution >= 4 is 33.7 Å². The molecule has 0 aromatic carbocycles. The molecule has 96 valence electrons. The second kappa shape index (κ2) is 4.93. The van der Waals surface area contributed by atoms with Gasteiger partial charge in [0.2, 0.25) is 11.8 Å². The van der Waals surface area contributed by atoms with Crippen LogP contribution in [0.3, 0.4) is 0 Å². The topological polar surface area (TPSA) is 79.6 Å². The Kier molecular flexibility index (Phi) is 3.51. The lowest BCUT2D eigenvalue weighted by molar-refractivity contribution is -0.138. The smallest absolute Gasteiger partial charge is 0.290 e. The summed E-state index contributed by atoms with van der Waals surface area (Å²) in [6.07, 6.45) is 0.437. The van der Waals surface area contributed by atoms with Crippen molar-refractivity contribution in [1.29, 1.82) is 0 Å². The first-order valence-corrected chi connectivity index (χ1v) is 6.22. The summed E-state index contributed by atoms with van der Waals surface area (Å²) in [6, 6.07) is 2.44. The van der Waals surface area contributed by atoms with Crippen LogP contribution < -0.4 is 5.32 Å². The molecule has 1 aliphatic heterocycles. The second-order valence-corrected chi connectivity index (χ2v) is 4.65. The first kappa shape index (κ1) is 12.8. The Bertz CT molecular complexity index is 511. The maximum absolute atomic E-state index is 12.2. The van der Waals surface area contributed by atoms with E-state index in [1.807, 2.05) is 0 Å². The van der Waals surface area contributed by atoms with Crippen LogP contribution in [0, 0.1) is 0 Å². The fraction of sp³-hybridized carbons (Fsp3) is 0.364. The van der Waals surface area contributed by atoms with Crippen LogP contribution in [-0.4, -0.2) is 35.2 Å². The molecule has 1 unspecified atom stereocenters. The van der Waals surface area contributed by atoms with Crippen molar-refractivity contribution in [2.45, 2.75) is 19.4 Å². The van der Waals surface area contributed by atoms with Gasteiger partial charge >= 0.3 is 0 Å². The lowest BCUT2D eigenvalue weighted by Crippen LogP contribution is -2.59. The summed E-state index contributed by atoms with van der Waals surface area (Å²) in [4.78, 5) is 36.3. The highest BCUT2D eigenvalue weighted by molar-refractivity contribution is 9.10. The quantitative estimate of drug-likeness (QED) is 0.823. The van der Waals surface area contributed by atoms with Gasteiger partial charge in [-0.15, -0.1) is 0 Å². The maximum atomic E-state index is 12.2. The van der Waals surface area contributed by atoms with Crippen molar-refractivity contribution in [2.24, 2.45) is 0 Å². The lowest BCUT2D eigenvalue weighted by atomic mass is 10.1. The van der Waals surface area contributed by atoms with Crippen LogP contribution in [-0.2, 0) is 9.59 Å². The van der Waals surface area contributed by atoms with E-state index in [-0.39, 0.29) is 12.3 Å². The first-order chi connectivity index (χ1) is 8.52. The minimum Gasteiger partial charge on any atom is -0.444 e. The number of imide groups is 1. The minimum absolute atomic E-state index is 0.0998. The molecule has 7 heteroatoms. The van der Waals surface area contributed by atoms with E-state index in [0.29, 0.717) is 11.1 Å². The fourth-order valence-electron chi connectivity index (χ4n) is 1.86. The Morgan fingerprint density at radius 3 is 2.83 bits per heavy atom. The molecule has 2 rings (SSSR count). The normalized spacial score (nSPS) is 19.9. The van der Waals surface area contributed by atoms with Gasteiger partial charge in [0, 0.05) is 0 Å². The molecule has 1 aromatic heterocycles. The molecule has 0 radical (unpaired) electrons. The third-order valence-electron chi connectivity index (χ3n) is 2.69.